The molecule has 0 saturated carbocycles. The van der Waals surface area contributed by atoms with Gasteiger partial charge in [-0.1, -0.05) is 26.0 Å². The van der Waals surface area contributed by atoms with Crippen LogP contribution in [0.2, 0.25) is 0 Å². The van der Waals surface area contributed by atoms with Crippen LogP contribution in [0, 0.1) is 0 Å². The van der Waals surface area contributed by atoms with Gasteiger partial charge in [-0.15, -0.1) is 0 Å². The number of para-hydroxylation sites is 2. The van der Waals surface area contributed by atoms with E-state index in [-0.39, 0.29) is 0 Å². The largest absolute Gasteiger partial charge is 0.497 e. The summed E-state index contributed by atoms with van der Waals surface area (Å²) < 4.78 is 9.97. The van der Waals surface area contributed by atoms with E-state index in [2.05, 4.69) is 75.3 Å². The smallest absolute Gasteiger partial charge is 0.368 e. The van der Waals surface area contributed by atoms with Crippen molar-refractivity contribution >= 4 is 16.8 Å². The molecule has 2 aromatic carbocycles. The fourth-order valence-corrected chi connectivity index (χ4v) is 3.72. The molecule has 0 atom stereocenters. The molecule has 0 fully saturated rings. The fourth-order valence-electron chi connectivity index (χ4n) is 3.72. The number of H-pyrrole nitrogens is 1. The van der Waals surface area contributed by atoms with Crippen molar-refractivity contribution in [1.29, 1.82) is 0 Å². The molecule has 0 aliphatic carbocycles. The first-order valence-corrected chi connectivity index (χ1v) is 9.63. The maximum atomic E-state index is 5.32. The minimum atomic E-state index is 0.878. The molecule has 0 aliphatic heterocycles. The molecule has 0 spiro atoms. The summed E-state index contributed by atoms with van der Waals surface area (Å²) in [5.74, 6) is 2.00. The lowest BCUT2D eigenvalue weighted by Crippen LogP contribution is -2.27. The highest BCUT2D eigenvalue weighted by Gasteiger charge is 2.22. The third-order valence-electron chi connectivity index (χ3n) is 5.36. The predicted molar refractivity (Wildman–Crippen MR) is 109 cm³/mol. The molecule has 2 aromatic heterocycles. The van der Waals surface area contributed by atoms with Gasteiger partial charge < -0.3 is 9.64 Å². The van der Waals surface area contributed by atoms with E-state index < -0.39 is 0 Å². The van der Waals surface area contributed by atoms with Gasteiger partial charge in [0, 0.05) is 12.1 Å². The summed E-state index contributed by atoms with van der Waals surface area (Å²) >= 11 is 0. The third kappa shape index (κ3) is 3.19. The maximum absolute atomic E-state index is 5.32. The first kappa shape index (κ1) is 17.6. The van der Waals surface area contributed by atoms with Gasteiger partial charge in [0.25, 0.3) is 0 Å². The number of aromatic amines is 1. The minimum Gasteiger partial charge on any atom is -0.497 e. The standard InChI is InChI=1S/C22H26N4O/c1-4-24(5-2)14-15-25-21(17-10-12-18(27-3)13-11-17)16-26-20-9-7-6-8-19(20)23-22(25)26/h6-13,16H,4-5,14-15H2,1-3H3/p+1. The summed E-state index contributed by atoms with van der Waals surface area (Å²) in [6, 6.07) is 16.7. The molecule has 140 valence electrons. The van der Waals surface area contributed by atoms with Gasteiger partial charge in [-0.3, -0.25) is 0 Å². The average molecular weight is 363 g/mol. The number of hydrogen-bond donors (Lipinski definition) is 1. The van der Waals surface area contributed by atoms with E-state index in [1.54, 1.807) is 7.11 Å². The maximum Gasteiger partial charge on any atom is 0.368 e. The number of likely N-dealkylation sites (N-methyl/N-ethyl adjacent to an activating group) is 1. The van der Waals surface area contributed by atoms with Crippen LogP contribution in [0.3, 0.4) is 0 Å². The van der Waals surface area contributed by atoms with Crippen LogP contribution in [-0.4, -0.2) is 41.2 Å². The monoisotopic (exact) mass is 363 g/mol. The number of benzene rings is 2. The van der Waals surface area contributed by atoms with Crippen LogP contribution in [0.5, 0.6) is 5.75 Å². The van der Waals surface area contributed by atoms with Gasteiger partial charge in [-0.25, -0.2) is 9.55 Å². The second-order valence-corrected chi connectivity index (χ2v) is 6.76. The van der Waals surface area contributed by atoms with E-state index in [9.17, 15) is 0 Å². The molecular weight excluding hydrogens is 336 g/mol. The Balaban J connectivity index is 1.83. The zero-order valence-electron chi connectivity index (χ0n) is 16.3. The van der Waals surface area contributed by atoms with Crippen LogP contribution >= 0.6 is 0 Å². The number of fused-ring (bicyclic) bond motifs is 3. The SMILES string of the molecule is CCN(CC)CCn1c(-c2ccc(OC)cc2)c[n+]2c3ccccc3[nH]c12. The van der Waals surface area contributed by atoms with Gasteiger partial charge in [-0.05, 0) is 49.5 Å². The number of hydrogen-bond acceptors (Lipinski definition) is 2. The van der Waals surface area contributed by atoms with Gasteiger partial charge in [-0.2, -0.15) is 4.40 Å². The molecule has 0 aliphatic rings. The second kappa shape index (κ2) is 7.45. The van der Waals surface area contributed by atoms with E-state index in [0.717, 1.165) is 43.2 Å². The Labute approximate surface area is 159 Å². The molecule has 5 heteroatoms. The molecule has 4 aromatic rings. The molecule has 4 rings (SSSR count). The minimum absolute atomic E-state index is 0.878. The summed E-state index contributed by atoms with van der Waals surface area (Å²) in [6.45, 7) is 8.53. The Morgan fingerprint density at radius 1 is 1.04 bits per heavy atom. The van der Waals surface area contributed by atoms with Crippen LogP contribution in [0.1, 0.15) is 13.8 Å². The molecule has 0 unspecified atom stereocenters. The van der Waals surface area contributed by atoms with Gasteiger partial charge in [0.1, 0.15) is 28.7 Å². The quantitative estimate of drug-likeness (QED) is 0.508. The van der Waals surface area contributed by atoms with Crippen LogP contribution in [0.25, 0.3) is 28.1 Å². The van der Waals surface area contributed by atoms with Crippen molar-refractivity contribution in [1.82, 2.24) is 14.5 Å². The van der Waals surface area contributed by atoms with Crippen LogP contribution in [-0.2, 0) is 6.54 Å². The topological polar surface area (TPSA) is 37.3 Å². The highest BCUT2D eigenvalue weighted by molar-refractivity contribution is 5.74. The van der Waals surface area contributed by atoms with Gasteiger partial charge in [0.05, 0.1) is 13.7 Å². The van der Waals surface area contributed by atoms with E-state index in [0.29, 0.717) is 0 Å². The van der Waals surface area contributed by atoms with Crippen LogP contribution < -0.4 is 9.14 Å². The van der Waals surface area contributed by atoms with Crippen molar-refractivity contribution in [2.45, 2.75) is 20.4 Å². The summed E-state index contributed by atoms with van der Waals surface area (Å²) in [5.41, 5.74) is 4.76. The lowest BCUT2D eigenvalue weighted by molar-refractivity contribution is -0.479. The zero-order chi connectivity index (χ0) is 18.8. The van der Waals surface area contributed by atoms with Crippen LogP contribution in [0.4, 0.5) is 0 Å². The van der Waals surface area contributed by atoms with E-state index in [1.165, 1.54) is 16.8 Å². The van der Waals surface area contributed by atoms with Crippen LogP contribution in [0.15, 0.2) is 54.7 Å². The first-order chi connectivity index (χ1) is 13.2. The first-order valence-electron chi connectivity index (χ1n) is 9.63. The molecular formula is C22H27N4O+. The molecule has 27 heavy (non-hydrogen) atoms. The Kier molecular flexibility index (Phi) is 4.86. The average Bonchev–Trinajstić information content (AvgIpc) is 3.25. The summed E-state index contributed by atoms with van der Waals surface area (Å²) in [6.07, 6.45) is 2.23. The van der Waals surface area contributed by atoms with Crippen molar-refractivity contribution in [3.05, 3.63) is 54.7 Å². The molecule has 0 amide bonds. The lowest BCUT2D eigenvalue weighted by atomic mass is 10.1. The Morgan fingerprint density at radius 2 is 1.78 bits per heavy atom. The number of nitrogens with zero attached hydrogens (tertiary/aromatic N) is 3. The van der Waals surface area contributed by atoms with Crippen molar-refractivity contribution in [3.63, 3.8) is 0 Å². The number of methoxy groups -OCH3 is 1. The molecule has 0 saturated heterocycles. The number of rotatable bonds is 7. The number of imidazole rings is 2. The summed E-state index contributed by atoms with van der Waals surface area (Å²) in [7, 11) is 1.70. The van der Waals surface area contributed by atoms with Crippen molar-refractivity contribution in [2.75, 3.05) is 26.7 Å². The fraction of sp³-hybridized carbons (Fsp3) is 0.318. The van der Waals surface area contributed by atoms with Crippen molar-refractivity contribution in [3.8, 4) is 17.0 Å². The lowest BCUT2D eigenvalue weighted by Gasteiger charge is -2.17. The van der Waals surface area contributed by atoms with E-state index >= 15 is 0 Å². The van der Waals surface area contributed by atoms with Crippen molar-refractivity contribution in [2.24, 2.45) is 0 Å². The predicted octanol–water partition coefficient (Wildman–Crippen LogP) is 3.73. The van der Waals surface area contributed by atoms with Gasteiger partial charge >= 0.3 is 5.78 Å². The molecule has 5 nitrogen and oxygen atoms in total. The number of ether oxygens (including phenoxy) is 1. The van der Waals surface area contributed by atoms with E-state index in [4.69, 9.17) is 4.74 Å². The van der Waals surface area contributed by atoms with Crippen molar-refractivity contribution < 1.29 is 9.14 Å². The number of nitrogens with one attached hydrogen (secondary N) is 1. The summed E-state index contributed by atoms with van der Waals surface area (Å²) in [5, 5.41) is 0. The normalized spacial score (nSPS) is 11.7. The Hall–Kier alpha value is -2.79. The second-order valence-electron chi connectivity index (χ2n) is 6.76. The number of aromatic nitrogens is 3. The highest BCUT2D eigenvalue weighted by Crippen LogP contribution is 2.24. The molecule has 0 bridgehead atoms. The van der Waals surface area contributed by atoms with Gasteiger partial charge in [0.15, 0.2) is 0 Å². The highest BCUT2D eigenvalue weighted by atomic mass is 16.5. The molecule has 2 heterocycles. The molecule has 0 radical (unpaired) electrons. The van der Waals surface area contributed by atoms with E-state index in [1.807, 2.05) is 12.1 Å². The zero-order valence-corrected chi connectivity index (χ0v) is 16.3. The summed E-state index contributed by atoms with van der Waals surface area (Å²) in [4.78, 5) is 6.06. The van der Waals surface area contributed by atoms with Gasteiger partial charge in [0.2, 0.25) is 0 Å². The third-order valence-corrected chi connectivity index (χ3v) is 5.36. The molecule has 1 N–H and O–H groups in total. The Morgan fingerprint density at radius 3 is 2.48 bits per heavy atom. The Bertz CT molecular complexity index is 1040.